The fraction of sp³-hybridized carbons (Fsp3) is 0.283. The normalized spacial score (nSPS) is 14.5. The van der Waals surface area contributed by atoms with Gasteiger partial charge in [-0.2, -0.15) is 6.07 Å². The van der Waals surface area contributed by atoms with E-state index in [1.54, 1.807) is 9.80 Å². The van der Waals surface area contributed by atoms with Crippen molar-refractivity contribution in [3.63, 3.8) is 0 Å². The molecule has 5 nitrogen and oxygen atoms in total. The molecule has 5 aromatic carbocycles. The van der Waals surface area contributed by atoms with Gasteiger partial charge in [-0.1, -0.05) is 142 Å². The van der Waals surface area contributed by atoms with E-state index >= 15 is 0 Å². The number of benzene rings is 5. The second kappa shape index (κ2) is 15.5. The Labute approximate surface area is 368 Å². The smallest absolute Gasteiger partial charge is 0.135 e. The molecule has 0 N–H and O–H groups in total. The van der Waals surface area contributed by atoms with Gasteiger partial charge in [0.1, 0.15) is 5.82 Å². The van der Waals surface area contributed by atoms with E-state index in [2.05, 4.69) is 184 Å². The zero-order chi connectivity index (χ0) is 42.9. The number of hydrogen-bond acceptors (Lipinski definition) is 4. The molecule has 2 aromatic heterocycles. The Morgan fingerprint density at radius 2 is 1.25 bits per heavy atom. The second-order valence-corrected chi connectivity index (χ2v) is 19.1. The first-order valence-electron chi connectivity index (χ1n) is 21.2. The molecule has 0 fully saturated rings. The molecule has 0 aliphatic carbocycles. The standard InChI is InChI=1S/C53H55N4O.Pt/c1-50(2,3)37-24-25-54-48(31-37)57-46-23-16-15-22-44(46)49-45(53(10,11)36-18-13-12-14-19-36)33-43(34-47(49)57)58-42-21-17-20-40(32-42)55-26-27-56(35-55)41-29-38(51(4,5)6)28-39(30-41)52(7,8)9;/h12-31,33,35H,1-11H3;/q-3;/i26D,27D;. The van der Waals surface area contributed by atoms with Gasteiger partial charge in [0, 0.05) is 50.0 Å². The van der Waals surface area contributed by atoms with Crippen molar-refractivity contribution in [3.8, 4) is 17.3 Å². The van der Waals surface area contributed by atoms with Crippen molar-refractivity contribution in [3.05, 3.63) is 174 Å². The monoisotopic (exact) mass is 960 g/mol. The summed E-state index contributed by atoms with van der Waals surface area (Å²) in [5.41, 5.74) is 8.50. The Morgan fingerprint density at radius 1 is 0.610 bits per heavy atom. The van der Waals surface area contributed by atoms with Crippen LogP contribution in [0.3, 0.4) is 0 Å². The van der Waals surface area contributed by atoms with Crippen molar-refractivity contribution >= 4 is 33.2 Å². The van der Waals surface area contributed by atoms with Gasteiger partial charge in [0.15, 0.2) is 0 Å². The van der Waals surface area contributed by atoms with E-state index in [9.17, 15) is 0 Å². The maximum absolute atomic E-state index is 9.11. The molecule has 1 aliphatic rings. The van der Waals surface area contributed by atoms with E-state index in [0.717, 1.165) is 38.9 Å². The minimum atomic E-state index is -0.422. The third-order valence-corrected chi connectivity index (χ3v) is 11.4. The third kappa shape index (κ3) is 8.24. The first kappa shape index (κ1) is 39.3. The molecule has 6 heteroatoms. The summed E-state index contributed by atoms with van der Waals surface area (Å²) in [6, 6.07) is 44.8. The number of rotatable bonds is 7. The molecular weight excluding hydrogens is 904 g/mol. The van der Waals surface area contributed by atoms with E-state index < -0.39 is 5.41 Å². The molecule has 1 aliphatic heterocycles. The van der Waals surface area contributed by atoms with Crippen LogP contribution in [-0.4, -0.2) is 9.55 Å². The predicted octanol–water partition coefficient (Wildman–Crippen LogP) is 13.7. The average molecular weight is 961 g/mol. The molecule has 0 spiro atoms. The Kier molecular flexibility index (Phi) is 10.3. The Hall–Kier alpha value is -5.12. The van der Waals surface area contributed by atoms with Gasteiger partial charge in [0.2, 0.25) is 0 Å². The Bertz CT molecular complexity index is 2750. The number of para-hydroxylation sites is 1. The summed E-state index contributed by atoms with van der Waals surface area (Å²) in [4.78, 5) is 8.41. The van der Waals surface area contributed by atoms with Crippen molar-refractivity contribution in [2.75, 3.05) is 9.80 Å². The van der Waals surface area contributed by atoms with Gasteiger partial charge >= 0.3 is 0 Å². The molecule has 8 rings (SSSR count). The van der Waals surface area contributed by atoms with Crippen molar-refractivity contribution in [2.45, 2.75) is 97.8 Å². The first-order valence-corrected chi connectivity index (χ1v) is 20.2. The van der Waals surface area contributed by atoms with E-state index in [-0.39, 0.29) is 49.7 Å². The number of hydrogen-bond donors (Lipinski definition) is 0. The Morgan fingerprint density at radius 3 is 1.93 bits per heavy atom. The van der Waals surface area contributed by atoms with Crippen LogP contribution in [0.15, 0.2) is 128 Å². The molecule has 0 amide bonds. The van der Waals surface area contributed by atoms with Crippen molar-refractivity contribution in [1.82, 2.24) is 9.55 Å². The van der Waals surface area contributed by atoms with Gasteiger partial charge in [-0.05, 0) is 92.0 Å². The molecule has 0 atom stereocenters. The van der Waals surface area contributed by atoms with Gasteiger partial charge < -0.3 is 19.1 Å². The van der Waals surface area contributed by atoms with E-state index in [0.29, 0.717) is 17.2 Å². The van der Waals surface area contributed by atoms with Crippen LogP contribution >= 0.6 is 0 Å². The molecule has 0 saturated heterocycles. The summed E-state index contributed by atoms with van der Waals surface area (Å²) >= 11 is 0. The van der Waals surface area contributed by atoms with Crippen LogP contribution in [0, 0.1) is 18.8 Å². The number of nitrogens with zero attached hydrogens (tertiary/aromatic N) is 4. The fourth-order valence-corrected chi connectivity index (χ4v) is 7.70. The minimum absolute atomic E-state index is 0. The number of anilines is 2. The maximum Gasteiger partial charge on any atom is 0.135 e. The quantitative estimate of drug-likeness (QED) is 0.149. The van der Waals surface area contributed by atoms with Crippen LogP contribution in [0.4, 0.5) is 11.4 Å². The molecule has 59 heavy (non-hydrogen) atoms. The molecule has 0 bridgehead atoms. The van der Waals surface area contributed by atoms with Crippen LogP contribution in [0.1, 0.15) is 107 Å². The number of pyridine rings is 1. The summed E-state index contributed by atoms with van der Waals surface area (Å²) in [7, 11) is 0. The minimum Gasteiger partial charge on any atom is -0.509 e. The van der Waals surface area contributed by atoms with E-state index in [1.165, 1.54) is 22.3 Å². The van der Waals surface area contributed by atoms with E-state index in [4.69, 9.17) is 12.5 Å². The van der Waals surface area contributed by atoms with Gasteiger partial charge in [-0.15, -0.1) is 48.3 Å². The van der Waals surface area contributed by atoms with Gasteiger partial charge in [-0.3, -0.25) is 0 Å². The molecule has 0 radical (unpaired) electrons. The molecule has 7 aromatic rings. The molecule has 0 saturated carbocycles. The largest absolute Gasteiger partial charge is 0.509 e. The van der Waals surface area contributed by atoms with Crippen LogP contribution in [-0.2, 0) is 42.7 Å². The average Bonchev–Trinajstić information content (AvgIpc) is 3.69. The first-order chi connectivity index (χ1) is 28.2. The molecule has 306 valence electrons. The number of ether oxygens (including phenoxy) is 1. The zero-order valence-corrected chi connectivity index (χ0v) is 38.3. The van der Waals surface area contributed by atoms with E-state index in [1.807, 2.05) is 31.1 Å². The maximum atomic E-state index is 9.11. The van der Waals surface area contributed by atoms with Crippen LogP contribution in [0.2, 0.25) is 0 Å². The van der Waals surface area contributed by atoms with Crippen molar-refractivity contribution in [2.24, 2.45) is 0 Å². The van der Waals surface area contributed by atoms with Crippen molar-refractivity contribution in [1.29, 1.82) is 0 Å². The van der Waals surface area contributed by atoms with Crippen LogP contribution in [0.5, 0.6) is 11.5 Å². The van der Waals surface area contributed by atoms with Crippen LogP contribution in [0.25, 0.3) is 27.6 Å². The topological polar surface area (TPSA) is 33.5 Å². The second-order valence-electron chi connectivity index (χ2n) is 19.1. The number of fused-ring (bicyclic) bond motifs is 3. The van der Waals surface area contributed by atoms with Gasteiger partial charge in [0.05, 0.1) is 2.74 Å². The van der Waals surface area contributed by atoms with Crippen LogP contribution < -0.4 is 14.5 Å². The summed E-state index contributed by atoms with van der Waals surface area (Å²) in [5, 5.41) is 2.21. The van der Waals surface area contributed by atoms with Gasteiger partial charge in [-0.25, -0.2) is 4.98 Å². The summed E-state index contributed by atoms with van der Waals surface area (Å²) in [6.45, 7) is 26.2. The molecular formula is C53H55N4OPt-3. The number of aromatic nitrogens is 2. The summed E-state index contributed by atoms with van der Waals surface area (Å²) < 4.78 is 27.2. The zero-order valence-electron chi connectivity index (χ0n) is 38.1. The van der Waals surface area contributed by atoms with Crippen molar-refractivity contribution < 1.29 is 28.5 Å². The predicted molar refractivity (Wildman–Crippen MR) is 242 cm³/mol. The fourth-order valence-electron chi connectivity index (χ4n) is 7.70. The summed E-state index contributed by atoms with van der Waals surface area (Å²) in [5.74, 6) is 1.82. The summed E-state index contributed by atoms with van der Waals surface area (Å²) in [6.07, 6.45) is 2.03. The molecule has 0 unspecified atom stereocenters. The SMILES string of the molecule is [2H]C1=C([2H])N(c2cc(C(C)(C)C)cc(C(C)(C)C)c2)[CH-]N1c1[c-]c(Oc2[c-]c3c(c(C(C)(C)c4ccccc4)c2)c2ccccc2n3-c2cc(C(C)(C)C)ccn2)ccc1.[Pt]. The third-order valence-electron chi connectivity index (χ3n) is 11.4. The van der Waals surface area contributed by atoms with Gasteiger partial charge in [0.25, 0.3) is 0 Å². The molecule has 3 heterocycles. The Balaban J connectivity index is 0.00000561.